The molecule has 1 aliphatic heterocycles. The van der Waals surface area contributed by atoms with Gasteiger partial charge in [-0.15, -0.1) is 0 Å². The zero-order valence-corrected chi connectivity index (χ0v) is 36.6. The molecule has 1 saturated heterocycles. The number of phosphoric ester groups is 1. The van der Waals surface area contributed by atoms with E-state index >= 15 is 0 Å². The number of hydrogen-bond acceptors (Lipinski definition) is 7. The van der Waals surface area contributed by atoms with Crippen LogP contribution in [0.2, 0.25) is 0 Å². The quantitative estimate of drug-likeness (QED) is 0.0125. The lowest BCUT2D eigenvalue weighted by Gasteiger charge is -2.24. The highest BCUT2D eigenvalue weighted by molar-refractivity contribution is 7.47. The van der Waals surface area contributed by atoms with Crippen molar-refractivity contribution in [1.82, 2.24) is 0 Å². The number of phosphoric acid groups is 1. The van der Waals surface area contributed by atoms with Gasteiger partial charge in [-0.3, -0.25) is 13.8 Å². The van der Waals surface area contributed by atoms with Crippen LogP contribution in [0.3, 0.4) is 0 Å². The third-order valence-corrected chi connectivity index (χ3v) is 11.0. The summed E-state index contributed by atoms with van der Waals surface area (Å²) >= 11 is 0. The molecule has 1 N–H and O–H groups in total. The molecule has 0 radical (unpaired) electrons. The number of quaternary nitrogens is 1. The Balaban J connectivity index is 2.24. The van der Waals surface area contributed by atoms with E-state index in [1.165, 1.54) is 109 Å². The maximum Gasteiger partial charge on any atom is 0.472 e. The zero-order valence-electron chi connectivity index (χ0n) is 35.7. The summed E-state index contributed by atoms with van der Waals surface area (Å²) in [6.07, 6.45) is 40.4. The molecule has 1 heterocycles. The molecule has 3 unspecified atom stereocenters. The molecule has 0 bridgehead atoms. The number of unbranched alkanes of at least 4 members (excludes halogenated alkanes) is 21. The first-order valence-corrected chi connectivity index (χ1v) is 23.7. The minimum Gasteiger partial charge on any atom is -0.492 e. The smallest absolute Gasteiger partial charge is 0.472 e. The van der Waals surface area contributed by atoms with Crippen LogP contribution in [0.5, 0.6) is 0 Å². The Morgan fingerprint density at radius 2 is 1.22 bits per heavy atom. The molecule has 0 aliphatic carbocycles. The summed E-state index contributed by atoms with van der Waals surface area (Å²) in [5.74, 6) is -0.293. The maximum atomic E-state index is 12.5. The predicted octanol–water partition coefficient (Wildman–Crippen LogP) is 12.2. The van der Waals surface area contributed by atoms with Crippen molar-refractivity contribution >= 4 is 13.8 Å². The van der Waals surface area contributed by atoms with Crippen LogP contribution in [0.15, 0.2) is 24.5 Å². The standard InChI is InChI=1S/C44H84NO8P/c1-6-8-10-12-14-15-16-17-18-19-20-21-22-23-28-32-37-49-41(40-52-54(47,48)51-38-36-45(3,4)5)39-50-44(46)35-31-27-24-26-30-34-43-42(53-43)33-29-25-13-11-9-7-2/h25,29,32,37,41-43H,6-24,26-28,30-31,33-36,38-40H2,1-5H3/p+1/b29-25-,37-32+/t41-,42?,43?/m1/s1. The van der Waals surface area contributed by atoms with Gasteiger partial charge in [0, 0.05) is 6.42 Å². The average Bonchev–Trinajstić information content (AvgIpc) is 3.88. The van der Waals surface area contributed by atoms with Gasteiger partial charge in [0.1, 0.15) is 19.8 Å². The second kappa shape index (κ2) is 33.9. The third-order valence-electron chi connectivity index (χ3n) is 10.0. The molecule has 1 rings (SSSR count). The first-order valence-electron chi connectivity index (χ1n) is 22.2. The van der Waals surface area contributed by atoms with Gasteiger partial charge in [0.15, 0.2) is 6.10 Å². The van der Waals surface area contributed by atoms with Crippen LogP contribution in [0.25, 0.3) is 0 Å². The molecule has 318 valence electrons. The summed E-state index contributed by atoms with van der Waals surface area (Å²) < 4.78 is 40.6. The SMILES string of the molecule is CCCCC/C=C\CC1OC1CCCCCCCC(=O)OC[C@H](COP(=O)(O)OCC[N+](C)(C)C)O/C=C/CCCCCCCCCCCCCCCC. The van der Waals surface area contributed by atoms with E-state index < -0.39 is 13.9 Å². The zero-order chi connectivity index (χ0) is 39.6. The van der Waals surface area contributed by atoms with Gasteiger partial charge in [-0.2, -0.15) is 0 Å². The number of rotatable bonds is 40. The van der Waals surface area contributed by atoms with Gasteiger partial charge in [-0.05, 0) is 51.0 Å². The lowest BCUT2D eigenvalue weighted by molar-refractivity contribution is -0.870. The number of carbonyl (C=O) groups excluding carboxylic acids is 1. The van der Waals surface area contributed by atoms with Crippen molar-refractivity contribution in [3.63, 3.8) is 0 Å². The van der Waals surface area contributed by atoms with Crippen LogP contribution in [0.1, 0.15) is 187 Å². The first kappa shape index (κ1) is 50.8. The average molecular weight is 787 g/mol. The van der Waals surface area contributed by atoms with Crippen LogP contribution in [-0.2, 0) is 32.6 Å². The molecular formula is C44H85NO8P+. The highest BCUT2D eigenvalue weighted by Crippen LogP contribution is 2.43. The molecule has 10 heteroatoms. The van der Waals surface area contributed by atoms with Gasteiger partial charge in [-0.25, -0.2) is 4.57 Å². The lowest BCUT2D eigenvalue weighted by Crippen LogP contribution is -2.37. The minimum absolute atomic E-state index is 0.0581. The normalized spacial score (nSPS) is 17.7. The van der Waals surface area contributed by atoms with Crippen molar-refractivity contribution in [3.05, 3.63) is 24.5 Å². The van der Waals surface area contributed by atoms with Crippen LogP contribution >= 0.6 is 7.82 Å². The topological polar surface area (TPSA) is 104 Å². The molecule has 1 aliphatic rings. The molecule has 0 aromatic heterocycles. The molecular weight excluding hydrogens is 701 g/mol. The summed E-state index contributed by atoms with van der Waals surface area (Å²) in [7, 11) is 1.66. The van der Waals surface area contributed by atoms with Crippen molar-refractivity contribution < 1.29 is 42.0 Å². The second-order valence-electron chi connectivity index (χ2n) is 16.5. The largest absolute Gasteiger partial charge is 0.492 e. The number of carbonyl (C=O) groups is 1. The highest BCUT2D eigenvalue weighted by atomic mass is 31.2. The van der Waals surface area contributed by atoms with Crippen LogP contribution < -0.4 is 0 Å². The van der Waals surface area contributed by atoms with Gasteiger partial charge in [0.2, 0.25) is 0 Å². The fourth-order valence-corrected chi connectivity index (χ4v) is 7.11. The summed E-state index contributed by atoms with van der Waals surface area (Å²) in [6.45, 7) is 4.86. The van der Waals surface area contributed by atoms with Crippen LogP contribution in [0, 0.1) is 0 Å². The molecule has 0 spiro atoms. The van der Waals surface area contributed by atoms with Gasteiger partial charge in [0.05, 0.1) is 46.2 Å². The fourth-order valence-electron chi connectivity index (χ4n) is 6.37. The number of allylic oxidation sites excluding steroid dienone is 2. The molecule has 54 heavy (non-hydrogen) atoms. The number of nitrogens with zero attached hydrogens (tertiary/aromatic N) is 1. The molecule has 0 amide bonds. The van der Waals surface area contributed by atoms with Gasteiger partial charge < -0.3 is 23.6 Å². The highest BCUT2D eigenvalue weighted by Gasteiger charge is 2.36. The molecule has 9 nitrogen and oxygen atoms in total. The molecule has 0 aromatic carbocycles. The summed E-state index contributed by atoms with van der Waals surface area (Å²) in [5.41, 5.74) is 0. The molecule has 1 fully saturated rings. The third kappa shape index (κ3) is 34.1. The van der Waals surface area contributed by atoms with Crippen LogP contribution in [-0.4, -0.2) is 81.2 Å². The second-order valence-corrected chi connectivity index (χ2v) is 18.0. The van der Waals surface area contributed by atoms with E-state index in [1.54, 1.807) is 6.26 Å². The van der Waals surface area contributed by atoms with Crippen molar-refractivity contribution in [1.29, 1.82) is 0 Å². The Morgan fingerprint density at radius 1 is 0.685 bits per heavy atom. The summed E-state index contributed by atoms with van der Waals surface area (Å²) in [4.78, 5) is 22.7. The van der Waals surface area contributed by atoms with Crippen LogP contribution in [0.4, 0.5) is 0 Å². The monoisotopic (exact) mass is 787 g/mol. The number of likely N-dealkylation sites (N-methyl/N-ethyl adjacent to an activating group) is 1. The number of ether oxygens (including phenoxy) is 3. The Labute approximate surface area is 332 Å². The number of epoxide rings is 1. The van der Waals surface area contributed by atoms with Gasteiger partial charge >= 0.3 is 13.8 Å². The van der Waals surface area contributed by atoms with Crippen molar-refractivity contribution in [2.24, 2.45) is 0 Å². The van der Waals surface area contributed by atoms with Gasteiger partial charge in [0.25, 0.3) is 0 Å². The van der Waals surface area contributed by atoms with Crippen molar-refractivity contribution in [2.75, 3.05) is 47.5 Å². The number of esters is 1. The molecule has 0 aromatic rings. The van der Waals surface area contributed by atoms with E-state index in [1.807, 2.05) is 27.2 Å². The first-order chi connectivity index (χ1) is 26.1. The number of hydrogen-bond donors (Lipinski definition) is 1. The maximum absolute atomic E-state index is 12.5. The Hall–Kier alpha value is -1.22. The lowest BCUT2D eigenvalue weighted by atomic mass is 10.0. The van der Waals surface area contributed by atoms with Gasteiger partial charge in [-0.1, -0.05) is 148 Å². The van der Waals surface area contributed by atoms with E-state index in [2.05, 4.69) is 26.0 Å². The van der Waals surface area contributed by atoms with Crippen molar-refractivity contribution in [2.45, 2.75) is 206 Å². The Bertz CT molecular complexity index is 984. The van der Waals surface area contributed by atoms with E-state index in [0.29, 0.717) is 29.7 Å². The van der Waals surface area contributed by atoms with E-state index in [0.717, 1.165) is 57.8 Å². The Morgan fingerprint density at radius 3 is 1.85 bits per heavy atom. The predicted molar refractivity (Wildman–Crippen MR) is 223 cm³/mol. The molecule has 4 atom stereocenters. The Kier molecular flexibility index (Phi) is 31.9. The molecule has 0 saturated carbocycles. The summed E-state index contributed by atoms with van der Waals surface area (Å²) in [5, 5.41) is 0. The van der Waals surface area contributed by atoms with E-state index in [4.69, 9.17) is 23.3 Å². The van der Waals surface area contributed by atoms with Crippen molar-refractivity contribution in [3.8, 4) is 0 Å². The summed E-state index contributed by atoms with van der Waals surface area (Å²) in [6, 6.07) is 0. The minimum atomic E-state index is -4.27. The van der Waals surface area contributed by atoms with E-state index in [-0.39, 0.29) is 25.8 Å². The van der Waals surface area contributed by atoms with E-state index in [9.17, 15) is 14.3 Å². The fraction of sp³-hybridized carbons (Fsp3) is 0.886.